The van der Waals surface area contributed by atoms with Crippen LogP contribution in [0.4, 0.5) is 4.79 Å². The number of rotatable bonds is 8. The van der Waals surface area contributed by atoms with Crippen LogP contribution in [0.2, 0.25) is 0 Å². The van der Waals surface area contributed by atoms with Gasteiger partial charge in [-0.2, -0.15) is 0 Å². The molecule has 39 heavy (non-hydrogen) atoms. The predicted octanol–water partition coefficient (Wildman–Crippen LogP) is 6.36. The van der Waals surface area contributed by atoms with Crippen LogP contribution in [0.5, 0.6) is 11.5 Å². The summed E-state index contributed by atoms with van der Waals surface area (Å²) in [6.45, 7) is 7.27. The van der Waals surface area contributed by atoms with Gasteiger partial charge in [0.05, 0.1) is 0 Å². The second kappa shape index (κ2) is 11.5. The van der Waals surface area contributed by atoms with Gasteiger partial charge in [0.1, 0.15) is 11.5 Å². The number of carbonyl (C=O) groups is 3. The standard InChI is InChI=1S/C31H33NO6S/c1-19-15-22(16-20(2)28(19)38-31(3,4)29(34)35)25-17-32(30(36)37-23-9-7-6-8-10-23)18-26(25)27(33)21-11-13-24(39-5)14-12-21/h6-16,25-26H,17-18H2,1-5H3,(H,34,35)/t25-,26+/m1/s1. The van der Waals surface area contributed by atoms with Gasteiger partial charge in [0, 0.05) is 35.4 Å². The minimum Gasteiger partial charge on any atom is -0.478 e. The van der Waals surface area contributed by atoms with Crippen LogP contribution in [0.15, 0.2) is 71.6 Å². The molecule has 1 aliphatic rings. The lowest BCUT2D eigenvalue weighted by Gasteiger charge is -2.26. The summed E-state index contributed by atoms with van der Waals surface area (Å²) in [5.41, 5.74) is 1.61. The lowest BCUT2D eigenvalue weighted by atomic mass is 9.82. The fraction of sp³-hybridized carbons (Fsp3) is 0.323. The topological polar surface area (TPSA) is 93.1 Å². The number of likely N-dealkylation sites (tertiary alicyclic amines) is 1. The van der Waals surface area contributed by atoms with E-state index < -0.39 is 23.6 Å². The maximum absolute atomic E-state index is 13.8. The SMILES string of the molecule is CSc1ccc(C(=O)[C@H]2CN(C(=O)Oc3ccccc3)C[C@@H]2c2cc(C)c(OC(C)(C)C(=O)O)c(C)c2)cc1. The van der Waals surface area contributed by atoms with E-state index in [0.29, 0.717) is 23.6 Å². The first-order valence-electron chi connectivity index (χ1n) is 12.7. The van der Waals surface area contributed by atoms with E-state index in [4.69, 9.17) is 9.47 Å². The van der Waals surface area contributed by atoms with E-state index >= 15 is 0 Å². The van der Waals surface area contributed by atoms with Gasteiger partial charge in [0.2, 0.25) is 0 Å². The fourth-order valence-corrected chi connectivity index (χ4v) is 5.25. The van der Waals surface area contributed by atoms with Crippen LogP contribution >= 0.6 is 11.8 Å². The molecule has 0 radical (unpaired) electrons. The Kier molecular flexibility index (Phi) is 8.35. The fourth-order valence-electron chi connectivity index (χ4n) is 4.84. The Morgan fingerprint density at radius 3 is 2.13 bits per heavy atom. The lowest BCUT2D eigenvalue weighted by molar-refractivity contribution is -0.152. The average molecular weight is 548 g/mol. The summed E-state index contributed by atoms with van der Waals surface area (Å²) in [5.74, 6) is -0.914. The van der Waals surface area contributed by atoms with Crippen molar-refractivity contribution in [3.05, 3.63) is 89.0 Å². The number of thioether (sulfide) groups is 1. The number of carboxylic acid groups (broad SMARTS) is 1. The first kappa shape index (κ1) is 28.2. The zero-order valence-electron chi connectivity index (χ0n) is 22.8. The lowest BCUT2D eigenvalue weighted by Crippen LogP contribution is -2.38. The predicted molar refractivity (Wildman–Crippen MR) is 151 cm³/mol. The maximum atomic E-state index is 13.8. The van der Waals surface area contributed by atoms with E-state index in [0.717, 1.165) is 21.6 Å². The van der Waals surface area contributed by atoms with Crippen molar-refractivity contribution in [3.63, 3.8) is 0 Å². The number of aliphatic carboxylic acids is 1. The average Bonchev–Trinajstić information content (AvgIpc) is 3.36. The van der Waals surface area contributed by atoms with E-state index in [1.165, 1.54) is 13.8 Å². The molecule has 1 heterocycles. The van der Waals surface area contributed by atoms with E-state index in [1.54, 1.807) is 40.9 Å². The number of ketones is 1. The van der Waals surface area contributed by atoms with Crippen molar-refractivity contribution in [3.8, 4) is 11.5 Å². The molecule has 1 N–H and O–H groups in total. The van der Waals surface area contributed by atoms with E-state index in [9.17, 15) is 19.5 Å². The molecule has 7 nitrogen and oxygen atoms in total. The third-order valence-corrected chi connectivity index (χ3v) is 7.76. The molecule has 1 fully saturated rings. The summed E-state index contributed by atoms with van der Waals surface area (Å²) in [7, 11) is 0. The molecule has 4 rings (SSSR count). The number of hydrogen-bond acceptors (Lipinski definition) is 6. The van der Waals surface area contributed by atoms with Gasteiger partial charge in [-0.05, 0) is 74.9 Å². The summed E-state index contributed by atoms with van der Waals surface area (Å²) in [6.07, 6.45) is 1.48. The highest BCUT2D eigenvalue weighted by atomic mass is 32.2. The molecule has 2 atom stereocenters. The Morgan fingerprint density at radius 2 is 1.56 bits per heavy atom. The summed E-state index contributed by atoms with van der Waals surface area (Å²) in [5, 5.41) is 9.52. The number of carboxylic acids is 1. The van der Waals surface area contributed by atoms with Gasteiger partial charge in [-0.3, -0.25) is 4.79 Å². The van der Waals surface area contributed by atoms with E-state index in [-0.39, 0.29) is 18.2 Å². The first-order chi connectivity index (χ1) is 18.5. The smallest absolute Gasteiger partial charge is 0.415 e. The zero-order valence-corrected chi connectivity index (χ0v) is 23.6. The third kappa shape index (κ3) is 6.28. The minimum atomic E-state index is -1.40. The molecule has 1 amide bonds. The van der Waals surface area contributed by atoms with Crippen molar-refractivity contribution in [1.29, 1.82) is 0 Å². The molecule has 3 aromatic carbocycles. The second-order valence-corrected chi connectivity index (χ2v) is 11.2. The van der Waals surface area contributed by atoms with Crippen molar-refractivity contribution < 1.29 is 29.0 Å². The number of ether oxygens (including phenoxy) is 2. The molecule has 204 valence electrons. The van der Waals surface area contributed by atoms with Crippen LogP contribution in [0.1, 0.15) is 46.8 Å². The van der Waals surface area contributed by atoms with Crippen LogP contribution in [0.3, 0.4) is 0 Å². The minimum absolute atomic E-state index is 0.0368. The molecule has 0 unspecified atom stereocenters. The number of para-hydroxylation sites is 1. The van der Waals surface area contributed by atoms with Crippen molar-refractivity contribution in [2.75, 3.05) is 19.3 Å². The molecule has 0 saturated carbocycles. The monoisotopic (exact) mass is 547 g/mol. The Hall–Kier alpha value is -3.78. The summed E-state index contributed by atoms with van der Waals surface area (Å²) < 4.78 is 11.5. The number of aryl methyl sites for hydroxylation is 2. The molecular formula is C31H33NO6S. The molecule has 0 aliphatic carbocycles. The van der Waals surface area contributed by atoms with Gasteiger partial charge >= 0.3 is 12.1 Å². The van der Waals surface area contributed by atoms with Crippen LogP contribution in [0, 0.1) is 19.8 Å². The van der Waals surface area contributed by atoms with E-state index in [1.807, 2.05) is 62.6 Å². The molecule has 0 spiro atoms. The number of carbonyl (C=O) groups excluding carboxylic acids is 2. The van der Waals surface area contributed by atoms with Crippen LogP contribution in [-0.4, -0.2) is 52.8 Å². The van der Waals surface area contributed by atoms with E-state index in [2.05, 4.69) is 0 Å². The molecule has 1 saturated heterocycles. The molecule has 8 heteroatoms. The normalized spacial score (nSPS) is 17.1. The maximum Gasteiger partial charge on any atom is 0.415 e. The Balaban J connectivity index is 1.66. The van der Waals surface area contributed by atoms with Crippen LogP contribution in [-0.2, 0) is 4.79 Å². The van der Waals surface area contributed by atoms with Gasteiger partial charge in [-0.1, -0.05) is 42.5 Å². The van der Waals surface area contributed by atoms with Gasteiger partial charge in [-0.15, -0.1) is 11.8 Å². The first-order valence-corrected chi connectivity index (χ1v) is 14.0. The summed E-state index contributed by atoms with van der Waals surface area (Å²) >= 11 is 1.60. The van der Waals surface area contributed by atoms with Crippen molar-refractivity contribution >= 4 is 29.6 Å². The molecule has 0 aromatic heterocycles. The van der Waals surface area contributed by atoms with Crippen molar-refractivity contribution in [2.24, 2.45) is 5.92 Å². The van der Waals surface area contributed by atoms with Gasteiger partial charge < -0.3 is 19.5 Å². The molecule has 3 aromatic rings. The van der Waals surface area contributed by atoms with Crippen molar-refractivity contribution in [1.82, 2.24) is 4.90 Å². The molecule has 1 aliphatic heterocycles. The van der Waals surface area contributed by atoms with Gasteiger partial charge in [-0.25, -0.2) is 9.59 Å². The highest BCUT2D eigenvalue weighted by Crippen LogP contribution is 2.39. The molecular weight excluding hydrogens is 514 g/mol. The van der Waals surface area contributed by atoms with Crippen LogP contribution in [0.25, 0.3) is 0 Å². The third-order valence-electron chi connectivity index (χ3n) is 7.02. The number of Topliss-reactive ketones (excluding diaryl/α,β-unsaturated/α-hetero) is 1. The second-order valence-electron chi connectivity index (χ2n) is 10.3. The summed E-state index contributed by atoms with van der Waals surface area (Å²) in [6, 6.07) is 20.2. The van der Waals surface area contributed by atoms with Gasteiger partial charge in [0.25, 0.3) is 0 Å². The highest BCUT2D eigenvalue weighted by molar-refractivity contribution is 7.98. The number of amides is 1. The van der Waals surface area contributed by atoms with Gasteiger partial charge in [0.15, 0.2) is 11.4 Å². The Morgan fingerprint density at radius 1 is 0.949 bits per heavy atom. The summed E-state index contributed by atoms with van der Waals surface area (Å²) in [4.78, 5) is 41.2. The highest BCUT2D eigenvalue weighted by Gasteiger charge is 2.42. The zero-order chi connectivity index (χ0) is 28.3. The number of benzene rings is 3. The van der Waals surface area contributed by atoms with Crippen LogP contribution < -0.4 is 9.47 Å². The molecule has 0 bridgehead atoms. The quantitative estimate of drug-likeness (QED) is 0.259. The largest absolute Gasteiger partial charge is 0.478 e. The Bertz CT molecular complexity index is 1350. The Labute approximate surface area is 233 Å². The van der Waals surface area contributed by atoms with Crippen molar-refractivity contribution in [2.45, 2.75) is 44.1 Å². The number of hydrogen-bond donors (Lipinski definition) is 1. The number of nitrogens with zero attached hydrogens (tertiary/aromatic N) is 1.